The molecule has 7 nitrogen and oxygen atoms in total. The number of benzene rings is 1. The first kappa shape index (κ1) is 11.4. The predicted octanol–water partition coefficient (Wildman–Crippen LogP) is 0.769. The number of rotatable bonds is 3. The molecule has 9 heteroatoms. The van der Waals surface area contributed by atoms with Crippen LogP contribution in [0.1, 0.15) is 5.82 Å². The Morgan fingerprint density at radius 3 is 2.82 bits per heavy atom. The molecule has 0 bridgehead atoms. The van der Waals surface area contributed by atoms with Gasteiger partial charge in [0.15, 0.2) is 11.6 Å². The molecule has 0 atom stereocenters. The average molecular weight is 258 g/mol. The van der Waals surface area contributed by atoms with E-state index in [0.29, 0.717) is 5.82 Å². The van der Waals surface area contributed by atoms with E-state index < -0.39 is 5.82 Å². The summed E-state index contributed by atoms with van der Waals surface area (Å²) in [5, 5.41) is 15.6. The first-order valence-corrected chi connectivity index (χ1v) is 4.96. The standard InChI is InChI=1S/C8H9ClFN7/c9-6-3(11)1-4(12)8(7(6)10)13-2-5-14-16-17-15-5/h1,13H,2,11-12H2,(H,14,15,16,17). The summed E-state index contributed by atoms with van der Waals surface area (Å²) in [5.41, 5.74) is 11.4. The molecule has 0 aliphatic carbocycles. The SMILES string of the molecule is Nc1cc(N)c(NCc2nn[nH]n2)c(F)c1Cl. The Hall–Kier alpha value is -2.09. The lowest BCUT2D eigenvalue weighted by molar-refractivity contribution is 0.631. The number of aromatic amines is 1. The zero-order chi connectivity index (χ0) is 12.4. The molecule has 17 heavy (non-hydrogen) atoms. The summed E-state index contributed by atoms with van der Waals surface area (Å²) >= 11 is 5.67. The topological polar surface area (TPSA) is 119 Å². The molecule has 0 amide bonds. The summed E-state index contributed by atoms with van der Waals surface area (Å²) in [6.07, 6.45) is 0. The lowest BCUT2D eigenvalue weighted by Gasteiger charge is -2.11. The minimum absolute atomic E-state index is 0.0639. The molecular formula is C8H9ClFN7. The molecule has 1 aromatic carbocycles. The summed E-state index contributed by atoms with van der Waals surface area (Å²) in [4.78, 5) is 0. The van der Waals surface area contributed by atoms with E-state index in [1.807, 2.05) is 0 Å². The Bertz CT molecular complexity index is 527. The van der Waals surface area contributed by atoms with E-state index in [1.165, 1.54) is 6.07 Å². The van der Waals surface area contributed by atoms with E-state index in [9.17, 15) is 4.39 Å². The van der Waals surface area contributed by atoms with E-state index in [-0.39, 0.29) is 28.6 Å². The molecule has 0 fully saturated rings. The number of anilines is 3. The van der Waals surface area contributed by atoms with Gasteiger partial charge >= 0.3 is 0 Å². The van der Waals surface area contributed by atoms with E-state index in [4.69, 9.17) is 23.1 Å². The van der Waals surface area contributed by atoms with Gasteiger partial charge in [-0.3, -0.25) is 0 Å². The molecule has 0 spiro atoms. The van der Waals surface area contributed by atoms with Crippen molar-refractivity contribution in [2.75, 3.05) is 16.8 Å². The number of nitrogens with one attached hydrogen (secondary N) is 2. The molecule has 6 N–H and O–H groups in total. The van der Waals surface area contributed by atoms with Crippen molar-refractivity contribution in [1.29, 1.82) is 0 Å². The second-order valence-corrected chi connectivity index (χ2v) is 3.62. The van der Waals surface area contributed by atoms with Crippen LogP contribution in [0.5, 0.6) is 0 Å². The fourth-order valence-corrected chi connectivity index (χ4v) is 1.42. The number of nitrogen functional groups attached to an aromatic ring is 2. The van der Waals surface area contributed by atoms with Crippen LogP contribution in [0, 0.1) is 5.82 Å². The molecule has 0 aliphatic heterocycles. The van der Waals surface area contributed by atoms with Gasteiger partial charge < -0.3 is 16.8 Å². The molecule has 90 valence electrons. The third-order valence-electron chi connectivity index (χ3n) is 2.08. The minimum atomic E-state index is -0.701. The number of nitrogens with two attached hydrogens (primary N) is 2. The van der Waals surface area contributed by atoms with Gasteiger partial charge in [-0.15, -0.1) is 10.2 Å². The van der Waals surface area contributed by atoms with Crippen LogP contribution >= 0.6 is 11.6 Å². The van der Waals surface area contributed by atoms with E-state index in [0.717, 1.165) is 0 Å². The van der Waals surface area contributed by atoms with Crippen LogP contribution < -0.4 is 16.8 Å². The largest absolute Gasteiger partial charge is 0.397 e. The zero-order valence-electron chi connectivity index (χ0n) is 8.54. The number of nitrogens with zero attached hydrogens (tertiary/aromatic N) is 3. The Morgan fingerprint density at radius 1 is 1.41 bits per heavy atom. The lowest BCUT2D eigenvalue weighted by Crippen LogP contribution is -2.07. The first-order chi connectivity index (χ1) is 8.09. The molecular weight excluding hydrogens is 249 g/mol. The van der Waals surface area contributed by atoms with Gasteiger partial charge in [-0.05, 0) is 6.07 Å². The second-order valence-electron chi connectivity index (χ2n) is 3.24. The summed E-state index contributed by atoms with van der Waals surface area (Å²) in [5.74, 6) is -0.329. The molecule has 0 saturated carbocycles. The van der Waals surface area contributed by atoms with Gasteiger partial charge in [0.05, 0.1) is 23.6 Å². The highest BCUT2D eigenvalue weighted by molar-refractivity contribution is 6.33. The highest BCUT2D eigenvalue weighted by Gasteiger charge is 2.14. The van der Waals surface area contributed by atoms with Crippen LogP contribution in [0.4, 0.5) is 21.5 Å². The summed E-state index contributed by atoms with van der Waals surface area (Å²) < 4.78 is 13.7. The summed E-state index contributed by atoms with van der Waals surface area (Å²) in [7, 11) is 0. The van der Waals surface area contributed by atoms with E-state index >= 15 is 0 Å². The minimum Gasteiger partial charge on any atom is -0.397 e. The Balaban J connectivity index is 2.24. The van der Waals surface area contributed by atoms with E-state index in [1.54, 1.807) is 0 Å². The van der Waals surface area contributed by atoms with Gasteiger partial charge in [-0.2, -0.15) is 5.21 Å². The number of hydrogen-bond donors (Lipinski definition) is 4. The summed E-state index contributed by atoms with van der Waals surface area (Å²) in [6, 6.07) is 1.38. The predicted molar refractivity (Wildman–Crippen MR) is 61.7 cm³/mol. The first-order valence-electron chi connectivity index (χ1n) is 4.58. The third kappa shape index (κ3) is 2.21. The van der Waals surface area contributed by atoms with Crippen molar-refractivity contribution < 1.29 is 4.39 Å². The van der Waals surface area contributed by atoms with Gasteiger partial charge in [-0.25, -0.2) is 4.39 Å². The molecule has 0 radical (unpaired) electrons. The number of halogens is 2. The van der Waals surface area contributed by atoms with Crippen molar-refractivity contribution in [1.82, 2.24) is 20.6 Å². The second kappa shape index (κ2) is 4.42. The van der Waals surface area contributed by atoms with Crippen molar-refractivity contribution in [3.63, 3.8) is 0 Å². The van der Waals surface area contributed by atoms with Crippen molar-refractivity contribution in [2.24, 2.45) is 0 Å². The Kier molecular flexibility index (Phi) is 2.96. The average Bonchev–Trinajstić information content (AvgIpc) is 2.79. The fraction of sp³-hybridized carbons (Fsp3) is 0.125. The fourth-order valence-electron chi connectivity index (χ4n) is 1.27. The number of H-pyrrole nitrogens is 1. The number of tetrazole rings is 1. The van der Waals surface area contributed by atoms with Crippen LogP contribution in [0.3, 0.4) is 0 Å². The smallest absolute Gasteiger partial charge is 0.193 e. The van der Waals surface area contributed by atoms with Crippen LogP contribution in [-0.4, -0.2) is 20.6 Å². The Labute approximate surface area is 100 Å². The third-order valence-corrected chi connectivity index (χ3v) is 2.46. The molecule has 1 heterocycles. The van der Waals surface area contributed by atoms with Crippen molar-refractivity contribution in [2.45, 2.75) is 6.54 Å². The molecule has 0 aliphatic rings. The van der Waals surface area contributed by atoms with Crippen LogP contribution in [0.15, 0.2) is 6.07 Å². The van der Waals surface area contributed by atoms with Crippen molar-refractivity contribution in [3.05, 3.63) is 22.7 Å². The zero-order valence-corrected chi connectivity index (χ0v) is 9.29. The molecule has 2 aromatic rings. The van der Waals surface area contributed by atoms with Crippen LogP contribution in [0.25, 0.3) is 0 Å². The van der Waals surface area contributed by atoms with Crippen molar-refractivity contribution in [3.8, 4) is 0 Å². The molecule has 0 saturated heterocycles. The molecule has 0 unspecified atom stereocenters. The van der Waals surface area contributed by atoms with Gasteiger partial charge in [0.2, 0.25) is 0 Å². The maximum Gasteiger partial charge on any atom is 0.193 e. The maximum absolute atomic E-state index is 13.7. The number of aromatic nitrogens is 4. The molecule has 2 rings (SSSR count). The van der Waals surface area contributed by atoms with Gasteiger partial charge in [-0.1, -0.05) is 16.8 Å². The molecule has 1 aromatic heterocycles. The van der Waals surface area contributed by atoms with Crippen LogP contribution in [-0.2, 0) is 6.54 Å². The highest BCUT2D eigenvalue weighted by atomic mass is 35.5. The maximum atomic E-state index is 13.7. The number of hydrogen-bond acceptors (Lipinski definition) is 6. The van der Waals surface area contributed by atoms with Gasteiger partial charge in [0, 0.05) is 0 Å². The van der Waals surface area contributed by atoms with Crippen LogP contribution in [0.2, 0.25) is 5.02 Å². The quantitative estimate of drug-likeness (QED) is 0.603. The normalized spacial score (nSPS) is 10.5. The summed E-state index contributed by atoms with van der Waals surface area (Å²) in [6.45, 7) is 0.165. The Morgan fingerprint density at radius 2 is 2.18 bits per heavy atom. The van der Waals surface area contributed by atoms with Gasteiger partial charge in [0.25, 0.3) is 0 Å². The van der Waals surface area contributed by atoms with Crippen molar-refractivity contribution >= 4 is 28.7 Å². The highest BCUT2D eigenvalue weighted by Crippen LogP contribution is 2.33. The van der Waals surface area contributed by atoms with E-state index in [2.05, 4.69) is 25.9 Å². The van der Waals surface area contributed by atoms with Gasteiger partial charge in [0.1, 0.15) is 5.02 Å². The lowest BCUT2D eigenvalue weighted by atomic mass is 10.2. The monoisotopic (exact) mass is 257 g/mol.